The van der Waals surface area contributed by atoms with Gasteiger partial charge in [0.15, 0.2) is 5.11 Å². The van der Waals surface area contributed by atoms with Gasteiger partial charge in [-0.05, 0) is 36.5 Å². The summed E-state index contributed by atoms with van der Waals surface area (Å²) in [5.41, 5.74) is 10.0. The summed E-state index contributed by atoms with van der Waals surface area (Å²) in [6, 6.07) is 9.03. The molecule has 0 amide bonds. The van der Waals surface area contributed by atoms with Gasteiger partial charge >= 0.3 is 5.97 Å². The zero-order chi connectivity index (χ0) is 14.8. The van der Waals surface area contributed by atoms with Crippen molar-refractivity contribution in [3.8, 4) is 11.3 Å². The first-order valence-corrected chi connectivity index (χ1v) is 6.53. The van der Waals surface area contributed by atoms with Crippen LogP contribution in [-0.2, 0) is 11.3 Å². The van der Waals surface area contributed by atoms with Crippen molar-refractivity contribution in [1.82, 2.24) is 5.43 Å². The van der Waals surface area contributed by atoms with Crippen molar-refractivity contribution in [2.24, 2.45) is 10.8 Å². The largest absolute Gasteiger partial charge is 0.457 e. The lowest BCUT2D eigenvalue weighted by Crippen LogP contribution is -2.23. The third kappa shape index (κ3) is 2.77. The van der Waals surface area contributed by atoms with E-state index in [2.05, 4.69) is 22.7 Å². The molecule has 0 aliphatic carbocycles. The van der Waals surface area contributed by atoms with Gasteiger partial charge in [0.05, 0.1) is 11.8 Å². The number of ether oxygens (including phenoxy) is 1. The predicted octanol–water partition coefficient (Wildman–Crippen LogP) is 1.78. The van der Waals surface area contributed by atoms with Crippen LogP contribution in [-0.4, -0.2) is 17.3 Å². The molecule has 0 saturated heterocycles. The van der Waals surface area contributed by atoms with E-state index >= 15 is 0 Å². The number of fused-ring (bicyclic) bond motifs is 1. The third-order valence-corrected chi connectivity index (χ3v) is 3.05. The average molecular weight is 301 g/mol. The van der Waals surface area contributed by atoms with Gasteiger partial charge in [0.2, 0.25) is 0 Å². The number of nitrogens with one attached hydrogen (secondary N) is 1. The molecule has 7 heteroatoms. The van der Waals surface area contributed by atoms with Crippen LogP contribution in [0.5, 0.6) is 0 Å². The number of hydrazone groups is 1. The van der Waals surface area contributed by atoms with E-state index in [1.807, 2.05) is 18.2 Å². The molecule has 0 atom stereocenters. The number of benzene rings is 1. The fourth-order valence-corrected chi connectivity index (χ4v) is 2.08. The smallest absolute Gasteiger partial charge is 0.338 e. The molecule has 0 bridgehead atoms. The molecule has 0 radical (unpaired) electrons. The number of hydrogen-bond donors (Lipinski definition) is 2. The lowest BCUT2D eigenvalue weighted by atomic mass is 10.0. The van der Waals surface area contributed by atoms with Gasteiger partial charge in [-0.3, -0.25) is 5.43 Å². The van der Waals surface area contributed by atoms with E-state index < -0.39 is 0 Å². The number of cyclic esters (lactones) is 1. The number of esters is 1. The summed E-state index contributed by atoms with van der Waals surface area (Å²) >= 11 is 4.63. The molecule has 2 heterocycles. The van der Waals surface area contributed by atoms with Crippen molar-refractivity contribution < 1.29 is 13.9 Å². The summed E-state index contributed by atoms with van der Waals surface area (Å²) in [7, 11) is 0. The van der Waals surface area contributed by atoms with Gasteiger partial charge in [-0.15, -0.1) is 0 Å². The zero-order valence-electron chi connectivity index (χ0n) is 10.8. The Bertz CT molecular complexity index is 752. The van der Waals surface area contributed by atoms with Crippen LogP contribution in [0.3, 0.4) is 0 Å². The molecule has 1 aliphatic rings. The first-order chi connectivity index (χ1) is 10.1. The summed E-state index contributed by atoms with van der Waals surface area (Å²) in [5, 5.41) is 3.90. The first kappa shape index (κ1) is 13.3. The molecule has 1 aromatic heterocycles. The fraction of sp³-hybridized carbons (Fsp3) is 0.0714. The predicted molar refractivity (Wildman–Crippen MR) is 80.8 cm³/mol. The van der Waals surface area contributed by atoms with Crippen molar-refractivity contribution in [1.29, 1.82) is 0 Å². The number of carbonyl (C=O) groups excluding carboxylic acids is 1. The van der Waals surface area contributed by atoms with E-state index in [1.165, 1.54) is 6.21 Å². The minimum Gasteiger partial charge on any atom is -0.457 e. The second-order valence-electron chi connectivity index (χ2n) is 4.38. The maximum Gasteiger partial charge on any atom is 0.338 e. The summed E-state index contributed by atoms with van der Waals surface area (Å²) < 4.78 is 10.6. The van der Waals surface area contributed by atoms with Crippen LogP contribution in [0.15, 0.2) is 39.9 Å². The Kier molecular flexibility index (Phi) is 3.41. The van der Waals surface area contributed by atoms with E-state index in [4.69, 9.17) is 14.9 Å². The summed E-state index contributed by atoms with van der Waals surface area (Å²) in [4.78, 5) is 11.4. The van der Waals surface area contributed by atoms with Crippen molar-refractivity contribution >= 4 is 29.5 Å². The van der Waals surface area contributed by atoms with Crippen molar-refractivity contribution in [3.05, 3.63) is 47.2 Å². The summed E-state index contributed by atoms with van der Waals surface area (Å²) in [6.07, 6.45) is 1.47. The maximum atomic E-state index is 11.4. The van der Waals surface area contributed by atoms with E-state index in [0.717, 1.165) is 11.1 Å². The molecule has 21 heavy (non-hydrogen) atoms. The van der Waals surface area contributed by atoms with Crippen LogP contribution in [0.25, 0.3) is 11.3 Å². The highest BCUT2D eigenvalue weighted by molar-refractivity contribution is 7.80. The lowest BCUT2D eigenvalue weighted by Gasteiger charge is -1.99. The van der Waals surface area contributed by atoms with E-state index in [0.29, 0.717) is 23.7 Å². The van der Waals surface area contributed by atoms with Gasteiger partial charge in [-0.1, -0.05) is 6.07 Å². The molecule has 6 nitrogen and oxygen atoms in total. The van der Waals surface area contributed by atoms with Gasteiger partial charge in [-0.2, -0.15) is 5.10 Å². The fourth-order valence-electron chi connectivity index (χ4n) is 2.02. The molecule has 1 aromatic carbocycles. The molecule has 0 fully saturated rings. The molecule has 0 unspecified atom stereocenters. The number of nitrogens with two attached hydrogens (primary N) is 1. The van der Waals surface area contributed by atoms with Gasteiger partial charge in [-0.25, -0.2) is 4.79 Å². The standard InChI is InChI=1S/C14H11N3O3S/c15-14(21)17-16-6-10-2-4-12(20-10)8-1-3-11-9(5-8)7-19-13(11)18/h1-6H,7H2,(H3,15,17,21)/b16-6-. The Morgan fingerprint density at radius 2 is 2.24 bits per heavy atom. The minimum absolute atomic E-state index is 0.0846. The quantitative estimate of drug-likeness (QED) is 0.389. The average Bonchev–Trinajstić information content (AvgIpc) is 3.06. The van der Waals surface area contributed by atoms with Crippen molar-refractivity contribution in [2.45, 2.75) is 6.61 Å². The lowest BCUT2D eigenvalue weighted by molar-refractivity contribution is 0.0535. The molecular formula is C14H11N3O3S. The van der Waals surface area contributed by atoms with Gasteiger partial charge in [0.1, 0.15) is 18.1 Å². The van der Waals surface area contributed by atoms with Gasteiger partial charge in [0, 0.05) is 11.1 Å². The molecule has 3 rings (SSSR count). The molecule has 0 spiro atoms. The normalized spacial score (nSPS) is 13.2. The number of thiocarbonyl (C=S) groups is 1. The van der Waals surface area contributed by atoms with Crippen LogP contribution < -0.4 is 11.2 Å². The highest BCUT2D eigenvalue weighted by atomic mass is 32.1. The topological polar surface area (TPSA) is 89.9 Å². The molecular weight excluding hydrogens is 290 g/mol. The van der Waals surface area contributed by atoms with Gasteiger partial charge in [0.25, 0.3) is 0 Å². The Balaban J connectivity index is 1.82. The zero-order valence-corrected chi connectivity index (χ0v) is 11.6. The number of carbonyl (C=O) groups is 1. The van der Waals surface area contributed by atoms with Gasteiger partial charge < -0.3 is 14.9 Å². The Hall–Kier alpha value is -2.67. The van der Waals surface area contributed by atoms with E-state index in [-0.39, 0.29) is 11.1 Å². The van der Waals surface area contributed by atoms with E-state index in [9.17, 15) is 4.79 Å². The Labute approximate surface area is 125 Å². The maximum absolute atomic E-state index is 11.4. The second kappa shape index (κ2) is 5.37. The third-order valence-electron chi connectivity index (χ3n) is 2.96. The molecule has 106 valence electrons. The number of furan rings is 1. The molecule has 2 aromatic rings. The SMILES string of the molecule is NC(=S)N/N=C\c1ccc(-c2ccc3c(c2)COC3=O)o1. The van der Waals surface area contributed by atoms with Crippen LogP contribution >= 0.6 is 12.2 Å². The molecule has 3 N–H and O–H groups in total. The highest BCUT2D eigenvalue weighted by Crippen LogP contribution is 2.27. The van der Waals surface area contributed by atoms with Crippen LogP contribution in [0, 0.1) is 0 Å². The highest BCUT2D eigenvalue weighted by Gasteiger charge is 2.21. The number of rotatable bonds is 3. The minimum atomic E-state index is -0.285. The Morgan fingerprint density at radius 1 is 1.38 bits per heavy atom. The van der Waals surface area contributed by atoms with Crippen LogP contribution in [0.2, 0.25) is 0 Å². The first-order valence-electron chi connectivity index (χ1n) is 6.12. The molecule has 1 aliphatic heterocycles. The number of hydrogen-bond acceptors (Lipinski definition) is 5. The number of nitrogens with zero attached hydrogens (tertiary/aromatic N) is 1. The van der Waals surface area contributed by atoms with Crippen LogP contribution in [0.1, 0.15) is 21.7 Å². The van der Waals surface area contributed by atoms with Crippen LogP contribution in [0.4, 0.5) is 0 Å². The monoisotopic (exact) mass is 301 g/mol. The van der Waals surface area contributed by atoms with E-state index in [1.54, 1.807) is 12.1 Å². The second-order valence-corrected chi connectivity index (χ2v) is 4.82. The summed E-state index contributed by atoms with van der Waals surface area (Å²) in [5.74, 6) is 0.947. The Morgan fingerprint density at radius 3 is 3.05 bits per heavy atom. The summed E-state index contributed by atoms with van der Waals surface area (Å²) in [6.45, 7) is 0.300. The molecule has 0 saturated carbocycles. The van der Waals surface area contributed by atoms with Crippen molar-refractivity contribution in [3.63, 3.8) is 0 Å². The van der Waals surface area contributed by atoms with Crippen molar-refractivity contribution in [2.75, 3.05) is 0 Å².